The van der Waals surface area contributed by atoms with Crippen molar-refractivity contribution in [3.63, 3.8) is 0 Å². The van der Waals surface area contributed by atoms with Crippen LogP contribution in [0.5, 0.6) is 0 Å². The molecule has 1 heterocycles. The van der Waals surface area contributed by atoms with E-state index in [-0.39, 0.29) is 12.6 Å². The van der Waals surface area contributed by atoms with E-state index in [9.17, 15) is 0 Å². The van der Waals surface area contributed by atoms with E-state index in [1.54, 1.807) is 6.07 Å². The number of anilines is 2. The highest BCUT2D eigenvalue weighted by molar-refractivity contribution is 5.63. The van der Waals surface area contributed by atoms with E-state index in [4.69, 9.17) is 16.1 Å². The molecule has 0 saturated carbocycles. The minimum atomic E-state index is -0.0623. The summed E-state index contributed by atoms with van der Waals surface area (Å²) in [7, 11) is 0. The average molecular weight is 206 g/mol. The highest BCUT2D eigenvalue weighted by Crippen LogP contribution is 2.17. The van der Waals surface area contributed by atoms with Crippen LogP contribution < -0.4 is 11.1 Å². The Kier molecular flexibility index (Phi) is 3.89. The van der Waals surface area contributed by atoms with E-state index >= 15 is 0 Å². The third-order valence-electron chi connectivity index (χ3n) is 2.10. The van der Waals surface area contributed by atoms with Crippen LogP contribution >= 0.6 is 0 Å². The van der Waals surface area contributed by atoms with E-state index in [0.717, 1.165) is 6.42 Å². The summed E-state index contributed by atoms with van der Waals surface area (Å²) in [5, 5.41) is 20.6. The molecule has 0 saturated heterocycles. The Morgan fingerprint density at radius 1 is 1.73 bits per heavy atom. The van der Waals surface area contributed by atoms with Crippen LogP contribution in [0.4, 0.5) is 11.5 Å². The molecule has 1 aromatic heterocycles. The minimum Gasteiger partial charge on any atom is -0.396 e. The van der Waals surface area contributed by atoms with Gasteiger partial charge in [0.05, 0.1) is 23.9 Å². The zero-order valence-electron chi connectivity index (χ0n) is 8.57. The summed E-state index contributed by atoms with van der Waals surface area (Å²) in [6, 6.07) is 3.45. The molecule has 0 spiro atoms. The van der Waals surface area contributed by atoms with E-state index < -0.39 is 0 Å². The first-order valence-electron chi connectivity index (χ1n) is 4.74. The quantitative estimate of drug-likeness (QED) is 0.674. The van der Waals surface area contributed by atoms with Crippen molar-refractivity contribution in [2.75, 3.05) is 17.7 Å². The van der Waals surface area contributed by atoms with Gasteiger partial charge in [-0.1, -0.05) is 6.92 Å². The Morgan fingerprint density at radius 3 is 2.93 bits per heavy atom. The Balaban J connectivity index is 2.83. The van der Waals surface area contributed by atoms with Gasteiger partial charge in [0.25, 0.3) is 0 Å². The smallest absolute Gasteiger partial charge is 0.149 e. The number of nitrogens with one attached hydrogen (secondary N) is 1. The zero-order valence-corrected chi connectivity index (χ0v) is 8.57. The van der Waals surface area contributed by atoms with Crippen LogP contribution in [0.2, 0.25) is 0 Å². The molecule has 0 aliphatic heterocycles. The van der Waals surface area contributed by atoms with Gasteiger partial charge in [0, 0.05) is 6.20 Å². The number of rotatable bonds is 4. The maximum absolute atomic E-state index is 9.00. The van der Waals surface area contributed by atoms with Crippen molar-refractivity contribution in [1.29, 1.82) is 5.26 Å². The van der Waals surface area contributed by atoms with Crippen LogP contribution in [-0.4, -0.2) is 22.7 Å². The second kappa shape index (κ2) is 5.17. The van der Waals surface area contributed by atoms with Gasteiger partial charge < -0.3 is 16.2 Å². The Bertz CT molecular complexity index is 368. The predicted octanol–water partition coefficient (Wildman–Crippen LogP) is 0.718. The molecule has 80 valence electrons. The molecule has 5 heteroatoms. The van der Waals surface area contributed by atoms with Gasteiger partial charge in [-0.15, -0.1) is 0 Å². The van der Waals surface area contributed by atoms with Crippen LogP contribution in [0.25, 0.3) is 0 Å². The molecule has 0 amide bonds. The fourth-order valence-corrected chi connectivity index (χ4v) is 1.13. The monoisotopic (exact) mass is 206 g/mol. The maximum Gasteiger partial charge on any atom is 0.149 e. The second-order valence-electron chi connectivity index (χ2n) is 3.21. The van der Waals surface area contributed by atoms with E-state index in [0.29, 0.717) is 17.1 Å². The first-order chi connectivity index (χ1) is 7.21. The van der Waals surface area contributed by atoms with Crippen LogP contribution in [0, 0.1) is 11.3 Å². The van der Waals surface area contributed by atoms with E-state index in [1.165, 1.54) is 6.20 Å². The standard InChI is InChI=1S/C10H14N4O/c1-2-8(6-15)14-10-9(12)3-7(4-11)5-13-10/h3,5,8,15H,2,6,12H2,1H3,(H,13,14). The van der Waals surface area contributed by atoms with E-state index in [1.807, 2.05) is 13.0 Å². The lowest BCUT2D eigenvalue weighted by Crippen LogP contribution is -2.23. The number of nitrogens with two attached hydrogens (primary N) is 1. The molecule has 1 atom stereocenters. The fourth-order valence-electron chi connectivity index (χ4n) is 1.13. The number of hydrogen-bond acceptors (Lipinski definition) is 5. The molecule has 4 N–H and O–H groups in total. The molecule has 0 bridgehead atoms. The molecule has 0 fully saturated rings. The molecular weight excluding hydrogens is 192 g/mol. The Hall–Kier alpha value is -1.80. The summed E-state index contributed by atoms with van der Waals surface area (Å²) in [5.74, 6) is 0.509. The SMILES string of the molecule is CCC(CO)Nc1ncc(C#N)cc1N. The third-order valence-corrected chi connectivity index (χ3v) is 2.10. The van der Waals surface area contributed by atoms with Crippen molar-refractivity contribution in [2.45, 2.75) is 19.4 Å². The normalized spacial score (nSPS) is 11.8. The highest BCUT2D eigenvalue weighted by Gasteiger charge is 2.08. The van der Waals surface area contributed by atoms with Gasteiger partial charge in [-0.2, -0.15) is 5.26 Å². The molecule has 0 aromatic carbocycles. The first kappa shape index (κ1) is 11.3. The minimum absolute atomic E-state index is 0.0254. The number of nitrogens with zero attached hydrogens (tertiary/aromatic N) is 2. The van der Waals surface area contributed by atoms with Gasteiger partial charge in [-0.25, -0.2) is 4.98 Å². The maximum atomic E-state index is 9.00. The van der Waals surface area contributed by atoms with Crippen molar-refractivity contribution in [1.82, 2.24) is 4.98 Å². The lowest BCUT2D eigenvalue weighted by Gasteiger charge is -2.15. The zero-order chi connectivity index (χ0) is 11.3. The number of aliphatic hydroxyl groups is 1. The van der Waals surface area contributed by atoms with Gasteiger partial charge in [0.1, 0.15) is 11.9 Å². The molecule has 5 nitrogen and oxygen atoms in total. The third kappa shape index (κ3) is 2.82. The van der Waals surface area contributed by atoms with Crippen LogP contribution in [0.3, 0.4) is 0 Å². The molecule has 1 rings (SSSR count). The summed E-state index contributed by atoms with van der Waals surface area (Å²) in [6.45, 7) is 1.98. The predicted molar refractivity (Wildman–Crippen MR) is 58.2 cm³/mol. The lowest BCUT2D eigenvalue weighted by atomic mass is 10.2. The first-order valence-corrected chi connectivity index (χ1v) is 4.74. The van der Waals surface area contributed by atoms with Crippen molar-refractivity contribution in [3.05, 3.63) is 17.8 Å². The van der Waals surface area contributed by atoms with Crippen molar-refractivity contribution < 1.29 is 5.11 Å². The van der Waals surface area contributed by atoms with Gasteiger partial charge in [-0.05, 0) is 12.5 Å². The Labute approximate surface area is 88.6 Å². The van der Waals surface area contributed by atoms with Gasteiger partial charge in [0.2, 0.25) is 0 Å². The van der Waals surface area contributed by atoms with Crippen molar-refractivity contribution >= 4 is 11.5 Å². The number of hydrogen-bond donors (Lipinski definition) is 3. The molecule has 0 aliphatic rings. The van der Waals surface area contributed by atoms with Crippen LogP contribution in [0.1, 0.15) is 18.9 Å². The number of aliphatic hydroxyl groups excluding tert-OH is 1. The second-order valence-corrected chi connectivity index (χ2v) is 3.21. The van der Waals surface area contributed by atoms with Gasteiger partial charge in [0.15, 0.2) is 0 Å². The molecule has 0 radical (unpaired) electrons. The van der Waals surface area contributed by atoms with Gasteiger partial charge >= 0.3 is 0 Å². The summed E-state index contributed by atoms with van der Waals surface area (Å²) in [4.78, 5) is 4.02. The van der Waals surface area contributed by atoms with Crippen molar-refractivity contribution in [3.8, 4) is 6.07 Å². The molecular formula is C10H14N4O. The average Bonchev–Trinajstić information content (AvgIpc) is 2.27. The topological polar surface area (TPSA) is 95.0 Å². The molecule has 1 unspecified atom stereocenters. The summed E-state index contributed by atoms with van der Waals surface area (Å²) in [6.07, 6.45) is 2.22. The summed E-state index contributed by atoms with van der Waals surface area (Å²) in [5.41, 5.74) is 6.54. The summed E-state index contributed by atoms with van der Waals surface area (Å²) >= 11 is 0. The number of aromatic nitrogens is 1. The lowest BCUT2D eigenvalue weighted by molar-refractivity contribution is 0.271. The van der Waals surface area contributed by atoms with E-state index in [2.05, 4.69) is 10.3 Å². The molecule has 15 heavy (non-hydrogen) atoms. The number of nitrogen functional groups attached to an aromatic ring is 1. The number of pyridine rings is 1. The fraction of sp³-hybridized carbons (Fsp3) is 0.400. The van der Waals surface area contributed by atoms with Gasteiger partial charge in [-0.3, -0.25) is 0 Å². The summed E-state index contributed by atoms with van der Waals surface area (Å²) < 4.78 is 0. The highest BCUT2D eigenvalue weighted by atomic mass is 16.3. The number of nitriles is 1. The molecule has 0 aliphatic carbocycles. The largest absolute Gasteiger partial charge is 0.396 e. The molecule has 1 aromatic rings. The Morgan fingerprint density at radius 2 is 2.47 bits per heavy atom. The van der Waals surface area contributed by atoms with Crippen LogP contribution in [-0.2, 0) is 0 Å². The van der Waals surface area contributed by atoms with Crippen LogP contribution in [0.15, 0.2) is 12.3 Å². The van der Waals surface area contributed by atoms with Crippen molar-refractivity contribution in [2.24, 2.45) is 0 Å².